The summed E-state index contributed by atoms with van der Waals surface area (Å²) in [6.07, 6.45) is -1.48. The van der Waals surface area contributed by atoms with Gasteiger partial charge in [0.15, 0.2) is 0 Å². The number of benzene rings is 1. The molecular formula is C14H12F4N2. The van der Waals surface area contributed by atoms with Gasteiger partial charge < -0.3 is 5.32 Å². The third-order valence-electron chi connectivity index (χ3n) is 2.86. The van der Waals surface area contributed by atoms with E-state index in [1.807, 2.05) is 6.92 Å². The number of hydrogen-bond donors (Lipinski definition) is 1. The molecule has 1 aromatic heterocycles. The summed E-state index contributed by atoms with van der Waals surface area (Å²) in [5.74, 6) is -1.26. The first kappa shape index (κ1) is 14.3. The lowest BCUT2D eigenvalue weighted by atomic mass is 10.1. The van der Waals surface area contributed by atoms with Crippen molar-refractivity contribution in [2.75, 3.05) is 5.32 Å². The van der Waals surface area contributed by atoms with Crippen LogP contribution in [0.2, 0.25) is 0 Å². The van der Waals surface area contributed by atoms with Crippen LogP contribution in [-0.2, 0) is 12.7 Å². The lowest BCUT2D eigenvalue weighted by Crippen LogP contribution is -2.10. The predicted molar refractivity (Wildman–Crippen MR) is 67.7 cm³/mol. The molecule has 0 unspecified atom stereocenters. The van der Waals surface area contributed by atoms with Crippen molar-refractivity contribution in [1.29, 1.82) is 0 Å². The maximum Gasteiger partial charge on any atom is 0.419 e. The van der Waals surface area contributed by atoms with Gasteiger partial charge >= 0.3 is 6.18 Å². The molecule has 0 saturated heterocycles. The second-order valence-corrected chi connectivity index (χ2v) is 4.36. The average Bonchev–Trinajstić information content (AvgIpc) is 2.38. The van der Waals surface area contributed by atoms with Crippen LogP contribution in [-0.4, -0.2) is 4.98 Å². The van der Waals surface area contributed by atoms with E-state index >= 15 is 0 Å². The molecular weight excluding hydrogens is 272 g/mol. The minimum absolute atomic E-state index is 0.163. The van der Waals surface area contributed by atoms with Crippen LogP contribution in [0.5, 0.6) is 0 Å². The Morgan fingerprint density at radius 3 is 2.60 bits per heavy atom. The Balaban J connectivity index is 2.17. The van der Waals surface area contributed by atoms with Crippen molar-refractivity contribution in [2.24, 2.45) is 0 Å². The van der Waals surface area contributed by atoms with E-state index in [0.717, 1.165) is 23.4 Å². The Kier molecular flexibility index (Phi) is 3.92. The summed E-state index contributed by atoms with van der Waals surface area (Å²) in [6.45, 7) is 2.02. The van der Waals surface area contributed by atoms with Crippen molar-refractivity contribution in [1.82, 2.24) is 4.98 Å². The molecule has 0 bridgehead atoms. The Morgan fingerprint density at radius 1 is 1.20 bits per heavy atom. The molecule has 0 atom stereocenters. The third kappa shape index (κ3) is 3.26. The van der Waals surface area contributed by atoms with Crippen molar-refractivity contribution in [2.45, 2.75) is 19.6 Å². The number of nitrogens with zero attached hydrogens (tertiary/aromatic N) is 1. The Labute approximate surface area is 113 Å². The van der Waals surface area contributed by atoms with Gasteiger partial charge in [0, 0.05) is 12.7 Å². The van der Waals surface area contributed by atoms with Crippen molar-refractivity contribution in [3.8, 4) is 0 Å². The van der Waals surface area contributed by atoms with E-state index in [4.69, 9.17) is 0 Å². The number of rotatable bonds is 3. The molecule has 0 spiro atoms. The molecule has 0 fully saturated rings. The number of hydrogen-bond acceptors (Lipinski definition) is 2. The first-order chi connectivity index (χ1) is 9.38. The zero-order valence-corrected chi connectivity index (χ0v) is 10.6. The van der Waals surface area contributed by atoms with E-state index in [-0.39, 0.29) is 6.54 Å². The minimum Gasteiger partial charge on any atom is -0.380 e. The highest BCUT2D eigenvalue weighted by Gasteiger charge is 2.34. The highest BCUT2D eigenvalue weighted by Crippen LogP contribution is 2.32. The van der Waals surface area contributed by atoms with E-state index < -0.39 is 17.6 Å². The van der Waals surface area contributed by atoms with Gasteiger partial charge in [-0.25, -0.2) is 4.39 Å². The fourth-order valence-corrected chi connectivity index (χ4v) is 1.75. The molecule has 0 saturated carbocycles. The molecule has 2 rings (SSSR count). The normalized spacial score (nSPS) is 11.4. The summed E-state index contributed by atoms with van der Waals surface area (Å²) in [5.41, 5.74) is 0.755. The van der Waals surface area contributed by atoms with E-state index in [1.54, 1.807) is 18.5 Å². The number of aryl methyl sites for hydroxylation is 1. The second-order valence-electron chi connectivity index (χ2n) is 4.36. The van der Waals surface area contributed by atoms with E-state index in [1.165, 1.54) is 6.07 Å². The van der Waals surface area contributed by atoms with Crippen LogP contribution in [0.15, 0.2) is 36.7 Å². The van der Waals surface area contributed by atoms with Gasteiger partial charge in [0.1, 0.15) is 5.82 Å². The van der Waals surface area contributed by atoms with Crippen LogP contribution in [0, 0.1) is 12.7 Å². The minimum atomic E-state index is -4.69. The average molecular weight is 284 g/mol. The Bertz CT molecular complexity index is 608. The summed E-state index contributed by atoms with van der Waals surface area (Å²) in [5, 5.41) is 2.98. The maximum absolute atomic E-state index is 13.1. The van der Waals surface area contributed by atoms with Gasteiger partial charge in [-0.15, -0.1) is 0 Å². The SMILES string of the molecule is Cc1ccncc1NCc1ccc(F)c(C(F)(F)F)c1. The van der Waals surface area contributed by atoms with Crippen LogP contribution < -0.4 is 5.32 Å². The van der Waals surface area contributed by atoms with Gasteiger partial charge in [-0.1, -0.05) is 6.07 Å². The zero-order valence-electron chi connectivity index (χ0n) is 10.6. The smallest absolute Gasteiger partial charge is 0.380 e. The molecule has 2 nitrogen and oxygen atoms in total. The molecule has 0 aliphatic heterocycles. The second kappa shape index (κ2) is 5.48. The van der Waals surface area contributed by atoms with E-state index in [2.05, 4.69) is 10.3 Å². The molecule has 6 heteroatoms. The largest absolute Gasteiger partial charge is 0.419 e. The summed E-state index contributed by atoms with van der Waals surface area (Å²) >= 11 is 0. The van der Waals surface area contributed by atoms with Gasteiger partial charge in [0.2, 0.25) is 0 Å². The molecule has 20 heavy (non-hydrogen) atoms. The molecule has 0 aliphatic carbocycles. The summed E-state index contributed by atoms with van der Waals surface area (Å²) in [7, 11) is 0. The summed E-state index contributed by atoms with van der Waals surface area (Å²) < 4.78 is 50.9. The number of halogens is 4. The molecule has 1 aromatic carbocycles. The first-order valence-electron chi connectivity index (χ1n) is 5.88. The first-order valence-corrected chi connectivity index (χ1v) is 5.88. The molecule has 1 heterocycles. The van der Waals surface area contributed by atoms with Crippen LogP contribution >= 0.6 is 0 Å². The fraction of sp³-hybridized carbons (Fsp3) is 0.214. The lowest BCUT2D eigenvalue weighted by molar-refractivity contribution is -0.140. The third-order valence-corrected chi connectivity index (χ3v) is 2.86. The number of nitrogens with one attached hydrogen (secondary N) is 1. The number of alkyl halides is 3. The highest BCUT2D eigenvalue weighted by molar-refractivity contribution is 5.48. The fourth-order valence-electron chi connectivity index (χ4n) is 1.75. The van der Waals surface area contributed by atoms with Crippen molar-refractivity contribution in [3.63, 3.8) is 0 Å². The van der Waals surface area contributed by atoms with Gasteiger partial charge in [-0.3, -0.25) is 4.98 Å². The summed E-state index contributed by atoms with van der Waals surface area (Å²) in [4.78, 5) is 3.93. The quantitative estimate of drug-likeness (QED) is 0.856. The molecule has 0 aliphatic rings. The van der Waals surface area contributed by atoms with Crippen molar-refractivity contribution >= 4 is 5.69 Å². The van der Waals surface area contributed by atoms with Crippen LogP contribution in [0.1, 0.15) is 16.7 Å². The molecule has 0 radical (unpaired) electrons. The lowest BCUT2D eigenvalue weighted by Gasteiger charge is -2.12. The van der Waals surface area contributed by atoms with Crippen LogP contribution in [0.25, 0.3) is 0 Å². The zero-order chi connectivity index (χ0) is 14.8. The molecule has 2 aromatic rings. The topological polar surface area (TPSA) is 24.9 Å². The molecule has 0 amide bonds. The van der Waals surface area contributed by atoms with E-state index in [0.29, 0.717) is 5.56 Å². The predicted octanol–water partition coefficient (Wildman–Crippen LogP) is 4.16. The van der Waals surface area contributed by atoms with Gasteiger partial charge in [0.25, 0.3) is 0 Å². The van der Waals surface area contributed by atoms with Gasteiger partial charge in [-0.05, 0) is 36.2 Å². The molecule has 1 N–H and O–H groups in total. The van der Waals surface area contributed by atoms with Crippen LogP contribution in [0.3, 0.4) is 0 Å². The van der Waals surface area contributed by atoms with Crippen LogP contribution in [0.4, 0.5) is 23.2 Å². The van der Waals surface area contributed by atoms with Gasteiger partial charge in [-0.2, -0.15) is 13.2 Å². The van der Waals surface area contributed by atoms with Crippen molar-refractivity contribution in [3.05, 3.63) is 59.2 Å². The monoisotopic (exact) mass is 284 g/mol. The Morgan fingerprint density at radius 2 is 1.95 bits per heavy atom. The summed E-state index contributed by atoms with van der Waals surface area (Å²) in [6, 6.07) is 4.75. The standard InChI is InChI=1S/C14H12F4N2/c1-9-4-5-19-8-13(9)20-7-10-2-3-12(15)11(6-10)14(16,17)18/h2-6,8,20H,7H2,1H3. The number of pyridine rings is 1. The van der Waals surface area contributed by atoms with Crippen molar-refractivity contribution < 1.29 is 17.6 Å². The van der Waals surface area contributed by atoms with E-state index in [9.17, 15) is 17.6 Å². The number of anilines is 1. The van der Waals surface area contributed by atoms with Gasteiger partial charge in [0.05, 0.1) is 17.4 Å². The molecule has 106 valence electrons. The maximum atomic E-state index is 13.1. The Hall–Kier alpha value is -2.11. The highest BCUT2D eigenvalue weighted by atomic mass is 19.4. The number of aromatic nitrogens is 1.